The average molecular weight is 618 g/mol. The van der Waals surface area contributed by atoms with Crippen LogP contribution in [0.5, 0.6) is 0 Å². The lowest BCUT2D eigenvalue weighted by Gasteiger charge is -2.32. The van der Waals surface area contributed by atoms with Gasteiger partial charge < -0.3 is 10.2 Å². The van der Waals surface area contributed by atoms with Crippen molar-refractivity contribution in [1.29, 1.82) is 0 Å². The Labute approximate surface area is 251 Å². The first-order valence-electron chi connectivity index (χ1n) is 14.1. The fraction of sp³-hybridized carbons (Fsp3) is 0.375. The molecule has 0 aliphatic heterocycles. The van der Waals surface area contributed by atoms with Crippen molar-refractivity contribution in [2.24, 2.45) is 0 Å². The van der Waals surface area contributed by atoms with Gasteiger partial charge >= 0.3 is 6.18 Å². The summed E-state index contributed by atoms with van der Waals surface area (Å²) in [5, 5.41) is 2.99. The zero-order chi connectivity index (χ0) is 31.6. The summed E-state index contributed by atoms with van der Waals surface area (Å²) >= 11 is 0. The van der Waals surface area contributed by atoms with Gasteiger partial charge in [-0.05, 0) is 49.1 Å². The number of carbonyl (C=O) groups is 2. The first kappa shape index (κ1) is 33.6. The van der Waals surface area contributed by atoms with Gasteiger partial charge in [-0.25, -0.2) is 8.42 Å². The molecule has 0 aliphatic rings. The Morgan fingerprint density at radius 2 is 1.51 bits per heavy atom. The number of hydrogen-bond acceptors (Lipinski definition) is 4. The number of amides is 2. The molecule has 0 radical (unpaired) electrons. The van der Waals surface area contributed by atoms with Gasteiger partial charge in [0.25, 0.3) is 0 Å². The summed E-state index contributed by atoms with van der Waals surface area (Å²) in [7, 11) is -3.96. The van der Waals surface area contributed by atoms with Crippen LogP contribution in [0.2, 0.25) is 0 Å². The second-order valence-electron chi connectivity index (χ2n) is 10.5. The lowest BCUT2D eigenvalue weighted by atomic mass is 10.0. The van der Waals surface area contributed by atoms with Crippen molar-refractivity contribution in [3.05, 3.63) is 102 Å². The molecule has 0 saturated carbocycles. The normalized spacial score (nSPS) is 13.2. The monoisotopic (exact) mass is 617 g/mol. The maximum absolute atomic E-state index is 13.8. The van der Waals surface area contributed by atoms with Crippen molar-refractivity contribution in [1.82, 2.24) is 10.2 Å². The number of carbonyl (C=O) groups excluding carboxylic acids is 2. The van der Waals surface area contributed by atoms with E-state index in [2.05, 4.69) is 5.32 Å². The van der Waals surface area contributed by atoms with E-state index in [-0.39, 0.29) is 55.9 Å². The predicted molar refractivity (Wildman–Crippen MR) is 162 cm³/mol. The van der Waals surface area contributed by atoms with E-state index in [4.69, 9.17) is 0 Å². The SMILES string of the molecule is CCC(C)NC(=O)C(Cc1ccccc1)N(Cc1ccccc1)C(=O)CCCN(c1cccc(C(F)(F)F)c1)S(C)(=O)=O. The number of rotatable bonds is 14. The van der Waals surface area contributed by atoms with E-state index in [9.17, 15) is 31.2 Å². The zero-order valence-corrected chi connectivity index (χ0v) is 25.4. The number of halogens is 3. The highest BCUT2D eigenvalue weighted by molar-refractivity contribution is 7.92. The lowest BCUT2D eigenvalue weighted by molar-refractivity contribution is -0.141. The van der Waals surface area contributed by atoms with Gasteiger partial charge in [-0.15, -0.1) is 0 Å². The summed E-state index contributed by atoms with van der Waals surface area (Å²) < 4.78 is 65.9. The Kier molecular flexibility index (Phi) is 11.8. The minimum Gasteiger partial charge on any atom is -0.352 e. The number of alkyl halides is 3. The van der Waals surface area contributed by atoms with Gasteiger partial charge in [0.1, 0.15) is 6.04 Å². The highest BCUT2D eigenvalue weighted by Crippen LogP contribution is 2.32. The molecule has 2 atom stereocenters. The first-order valence-corrected chi connectivity index (χ1v) is 16.0. The van der Waals surface area contributed by atoms with Crippen molar-refractivity contribution in [2.75, 3.05) is 17.1 Å². The van der Waals surface area contributed by atoms with Crippen LogP contribution >= 0.6 is 0 Å². The van der Waals surface area contributed by atoms with Gasteiger partial charge in [-0.3, -0.25) is 13.9 Å². The fourth-order valence-electron chi connectivity index (χ4n) is 4.62. The predicted octanol–water partition coefficient (Wildman–Crippen LogP) is 5.81. The second kappa shape index (κ2) is 15.0. The van der Waals surface area contributed by atoms with Crippen LogP contribution in [0.25, 0.3) is 0 Å². The summed E-state index contributed by atoms with van der Waals surface area (Å²) in [5.41, 5.74) is 0.568. The first-order chi connectivity index (χ1) is 20.3. The van der Waals surface area contributed by atoms with Crippen molar-refractivity contribution < 1.29 is 31.2 Å². The van der Waals surface area contributed by atoms with E-state index >= 15 is 0 Å². The van der Waals surface area contributed by atoms with E-state index in [0.29, 0.717) is 6.42 Å². The van der Waals surface area contributed by atoms with Crippen LogP contribution in [-0.4, -0.2) is 50.0 Å². The summed E-state index contributed by atoms with van der Waals surface area (Å²) in [6.45, 7) is 3.76. The van der Waals surface area contributed by atoms with Crippen LogP contribution in [-0.2, 0) is 38.8 Å². The van der Waals surface area contributed by atoms with Crippen molar-refractivity contribution in [2.45, 2.75) is 64.3 Å². The summed E-state index contributed by atoms with van der Waals surface area (Å²) in [4.78, 5) is 28.9. The molecule has 2 amide bonds. The third-order valence-electron chi connectivity index (χ3n) is 7.08. The Morgan fingerprint density at radius 3 is 2.07 bits per heavy atom. The number of sulfonamides is 1. The summed E-state index contributed by atoms with van der Waals surface area (Å²) in [6, 6.07) is 21.7. The molecule has 0 spiro atoms. The number of anilines is 1. The molecule has 0 bridgehead atoms. The van der Waals surface area contributed by atoms with Gasteiger partial charge in [0, 0.05) is 32.0 Å². The molecule has 3 aromatic rings. The molecule has 0 saturated heterocycles. The highest BCUT2D eigenvalue weighted by Gasteiger charge is 2.33. The number of nitrogens with one attached hydrogen (secondary N) is 1. The minimum atomic E-state index is -4.64. The molecule has 7 nitrogen and oxygen atoms in total. The molecule has 3 aromatic carbocycles. The van der Waals surface area contributed by atoms with E-state index in [1.54, 1.807) is 0 Å². The molecule has 0 aromatic heterocycles. The van der Waals surface area contributed by atoms with Gasteiger partial charge in [0.15, 0.2) is 0 Å². The molecule has 0 aliphatic carbocycles. The molecule has 0 heterocycles. The Balaban J connectivity index is 1.88. The second-order valence-corrected chi connectivity index (χ2v) is 12.4. The summed E-state index contributed by atoms with van der Waals surface area (Å²) in [6.07, 6.45) is -2.87. The Bertz CT molecular complexity index is 1450. The van der Waals surface area contributed by atoms with Crippen LogP contribution < -0.4 is 9.62 Å². The third kappa shape index (κ3) is 10.1. The summed E-state index contributed by atoms with van der Waals surface area (Å²) in [5.74, 6) is -0.675. The quantitative estimate of drug-likeness (QED) is 0.248. The van der Waals surface area contributed by atoms with E-state index < -0.39 is 27.8 Å². The largest absolute Gasteiger partial charge is 0.416 e. The fourth-order valence-corrected chi connectivity index (χ4v) is 5.57. The van der Waals surface area contributed by atoms with E-state index in [0.717, 1.165) is 39.9 Å². The molecular formula is C32H38F3N3O4S. The molecular weight excluding hydrogens is 579 g/mol. The van der Waals surface area contributed by atoms with Crippen molar-refractivity contribution in [3.8, 4) is 0 Å². The maximum atomic E-state index is 13.8. The van der Waals surface area contributed by atoms with Crippen LogP contribution in [0.4, 0.5) is 18.9 Å². The molecule has 43 heavy (non-hydrogen) atoms. The van der Waals surface area contributed by atoms with E-state index in [1.807, 2.05) is 74.5 Å². The average Bonchev–Trinajstić information content (AvgIpc) is 2.97. The maximum Gasteiger partial charge on any atom is 0.416 e. The van der Waals surface area contributed by atoms with Crippen LogP contribution in [0.3, 0.4) is 0 Å². The number of hydrogen-bond donors (Lipinski definition) is 1. The molecule has 2 unspecified atom stereocenters. The molecule has 11 heteroatoms. The molecule has 1 N–H and O–H groups in total. The van der Waals surface area contributed by atoms with Crippen LogP contribution in [0.15, 0.2) is 84.9 Å². The molecule has 3 rings (SSSR count). The Hall–Kier alpha value is -3.86. The zero-order valence-electron chi connectivity index (χ0n) is 24.5. The van der Waals surface area contributed by atoms with Gasteiger partial charge in [-0.2, -0.15) is 13.2 Å². The Morgan fingerprint density at radius 1 is 0.907 bits per heavy atom. The number of benzene rings is 3. The smallest absolute Gasteiger partial charge is 0.352 e. The number of nitrogens with zero attached hydrogens (tertiary/aromatic N) is 2. The third-order valence-corrected chi connectivity index (χ3v) is 8.28. The van der Waals surface area contributed by atoms with Crippen LogP contribution in [0.1, 0.15) is 49.8 Å². The minimum absolute atomic E-state index is 0.0263. The van der Waals surface area contributed by atoms with Gasteiger partial charge in [-0.1, -0.05) is 73.7 Å². The molecule has 232 valence electrons. The van der Waals surface area contributed by atoms with Gasteiger partial charge in [0.05, 0.1) is 17.5 Å². The standard InChI is InChI=1S/C32H38F3N3O4S/c1-4-24(2)36-31(40)29(21-25-13-7-5-8-14-25)37(23-26-15-9-6-10-16-26)30(39)19-12-20-38(43(3,41)42)28-18-11-17-27(22-28)32(33,34)35/h5-11,13-18,22,24,29H,4,12,19-21,23H2,1-3H3,(H,36,40). The topological polar surface area (TPSA) is 86.8 Å². The molecule has 0 fully saturated rings. The van der Waals surface area contributed by atoms with Crippen LogP contribution in [0, 0.1) is 0 Å². The van der Waals surface area contributed by atoms with Crippen molar-refractivity contribution >= 4 is 27.5 Å². The van der Waals surface area contributed by atoms with Gasteiger partial charge in [0.2, 0.25) is 21.8 Å². The lowest BCUT2D eigenvalue weighted by Crippen LogP contribution is -2.52. The van der Waals surface area contributed by atoms with Crippen molar-refractivity contribution in [3.63, 3.8) is 0 Å². The highest BCUT2D eigenvalue weighted by atomic mass is 32.2. The van der Waals surface area contributed by atoms with E-state index in [1.165, 1.54) is 11.0 Å².